The van der Waals surface area contributed by atoms with Crippen molar-refractivity contribution in [2.45, 2.75) is 32.6 Å². The molecule has 0 unspecified atom stereocenters. The standard InChI is InChI=1S/C9H16O2.C3H4O2.C2H4O/c1-3-5-6-7-8-11-9(10)4-2;1-2-3(4)5;1-2-3/h4H,2-3,5-8H2,1H3;2H,1H2,(H,4,5);2-3H,1H2. The monoisotopic (exact) mass is 272 g/mol. The number of carboxylic acids is 1. The van der Waals surface area contributed by atoms with Crippen molar-refractivity contribution in [3.05, 3.63) is 38.2 Å². The number of rotatable bonds is 7. The molecule has 19 heavy (non-hydrogen) atoms. The first kappa shape index (κ1) is 22.2. The first-order valence-corrected chi connectivity index (χ1v) is 5.89. The predicted octanol–water partition coefficient (Wildman–Crippen LogP) is 3.24. The zero-order chi connectivity index (χ0) is 15.5. The molecule has 0 saturated carbocycles. The molecule has 0 aromatic carbocycles. The average Bonchev–Trinajstić information content (AvgIpc) is 2.39. The Kier molecular flexibility index (Phi) is 24.8. The first-order valence-electron chi connectivity index (χ1n) is 5.89. The number of aliphatic carboxylic acids is 1. The van der Waals surface area contributed by atoms with Crippen molar-refractivity contribution in [2.24, 2.45) is 0 Å². The Balaban J connectivity index is -0.000000266. The van der Waals surface area contributed by atoms with Gasteiger partial charge in [0.15, 0.2) is 0 Å². The van der Waals surface area contributed by atoms with E-state index in [4.69, 9.17) is 14.9 Å². The normalized spacial score (nSPS) is 7.63. The molecule has 110 valence electrons. The van der Waals surface area contributed by atoms with Crippen molar-refractivity contribution in [1.82, 2.24) is 0 Å². The van der Waals surface area contributed by atoms with Crippen LogP contribution in [-0.2, 0) is 14.3 Å². The highest BCUT2D eigenvalue weighted by atomic mass is 16.5. The lowest BCUT2D eigenvalue weighted by Crippen LogP contribution is -2.01. The summed E-state index contributed by atoms with van der Waals surface area (Å²) in [4.78, 5) is 19.8. The van der Waals surface area contributed by atoms with Crippen LogP contribution in [0.4, 0.5) is 0 Å². The van der Waals surface area contributed by atoms with E-state index in [1.54, 1.807) is 0 Å². The lowest BCUT2D eigenvalue weighted by molar-refractivity contribution is -0.138. The fourth-order valence-corrected chi connectivity index (χ4v) is 0.761. The number of unbranched alkanes of at least 4 members (excludes halogenated alkanes) is 3. The number of hydrogen-bond acceptors (Lipinski definition) is 4. The predicted molar refractivity (Wildman–Crippen MR) is 76.0 cm³/mol. The van der Waals surface area contributed by atoms with Gasteiger partial charge in [0.25, 0.3) is 0 Å². The summed E-state index contributed by atoms with van der Waals surface area (Å²) < 4.78 is 4.78. The Morgan fingerprint density at radius 3 is 1.89 bits per heavy atom. The smallest absolute Gasteiger partial charge is 0.330 e. The number of carbonyl (C=O) groups excluding carboxylic acids is 1. The quantitative estimate of drug-likeness (QED) is 0.322. The molecule has 5 heteroatoms. The summed E-state index contributed by atoms with van der Waals surface area (Å²) in [6.07, 6.45) is 7.30. The fourth-order valence-electron chi connectivity index (χ4n) is 0.761. The highest BCUT2D eigenvalue weighted by Crippen LogP contribution is 1.98. The van der Waals surface area contributed by atoms with Gasteiger partial charge in [-0.2, -0.15) is 0 Å². The maximum Gasteiger partial charge on any atom is 0.330 e. The van der Waals surface area contributed by atoms with Crippen LogP contribution in [0.25, 0.3) is 0 Å². The van der Waals surface area contributed by atoms with Crippen LogP contribution >= 0.6 is 0 Å². The molecule has 5 nitrogen and oxygen atoms in total. The molecule has 2 N–H and O–H groups in total. The van der Waals surface area contributed by atoms with Gasteiger partial charge in [0.2, 0.25) is 0 Å². The van der Waals surface area contributed by atoms with Gasteiger partial charge in [-0.1, -0.05) is 45.9 Å². The number of ether oxygens (including phenoxy) is 1. The Morgan fingerprint density at radius 2 is 1.58 bits per heavy atom. The van der Waals surface area contributed by atoms with Gasteiger partial charge in [-0.15, -0.1) is 0 Å². The summed E-state index contributed by atoms with van der Waals surface area (Å²) in [5.74, 6) is -1.30. The van der Waals surface area contributed by atoms with Crippen LogP contribution in [0, 0.1) is 0 Å². The highest BCUT2D eigenvalue weighted by molar-refractivity contribution is 5.81. The lowest BCUT2D eigenvalue weighted by Gasteiger charge is -1.99. The molecule has 0 aliphatic heterocycles. The maximum absolute atomic E-state index is 10.5. The van der Waals surface area contributed by atoms with E-state index in [0.717, 1.165) is 25.2 Å². The molecular weight excluding hydrogens is 248 g/mol. The van der Waals surface area contributed by atoms with Gasteiger partial charge < -0.3 is 14.9 Å². The molecule has 0 amide bonds. The van der Waals surface area contributed by atoms with Crippen molar-refractivity contribution in [1.29, 1.82) is 0 Å². The van der Waals surface area contributed by atoms with Gasteiger partial charge in [-0.25, -0.2) is 9.59 Å². The van der Waals surface area contributed by atoms with Crippen molar-refractivity contribution < 1.29 is 24.5 Å². The summed E-state index contributed by atoms with van der Waals surface area (Å²) in [6.45, 7) is 11.9. The largest absolute Gasteiger partial charge is 0.516 e. The van der Waals surface area contributed by atoms with E-state index >= 15 is 0 Å². The van der Waals surface area contributed by atoms with Crippen molar-refractivity contribution in [2.75, 3.05) is 6.61 Å². The van der Waals surface area contributed by atoms with Crippen molar-refractivity contribution in [3.63, 3.8) is 0 Å². The molecule has 0 aliphatic carbocycles. The lowest BCUT2D eigenvalue weighted by atomic mass is 10.2. The zero-order valence-corrected chi connectivity index (χ0v) is 11.5. The molecule has 0 aromatic rings. The Morgan fingerprint density at radius 1 is 1.11 bits per heavy atom. The molecule has 0 fully saturated rings. The Bertz CT molecular complexity index is 259. The van der Waals surface area contributed by atoms with Gasteiger partial charge in [-0.3, -0.25) is 0 Å². The van der Waals surface area contributed by atoms with Gasteiger partial charge in [0, 0.05) is 12.2 Å². The number of hydrogen-bond donors (Lipinski definition) is 2. The third kappa shape index (κ3) is 38.7. The SMILES string of the molecule is C=CC(=O)O.C=CC(=O)OCCCCCC.C=CO. The number of esters is 1. The van der Waals surface area contributed by atoms with Crippen LogP contribution < -0.4 is 0 Å². The summed E-state index contributed by atoms with van der Waals surface area (Å²) in [5.41, 5.74) is 0. The third-order valence-electron chi connectivity index (χ3n) is 1.58. The second-order valence-corrected chi connectivity index (χ2v) is 3.16. The van der Waals surface area contributed by atoms with Crippen LogP contribution in [0.3, 0.4) is 0 Å². The van der Waals surface area contributed by atoms with Crippen LogP contribution in [-0.4, -0.2) is 28.8 Å². The second kappa shape index (κ2) is 21.3. The molecule has 0 heterocycles. The van der Waals surface area contributed by atoms with Crippen LogP contribution in [0.2, 0.25) is 0 Å². The minimum atomic E-state index is -0.981. The first-order chi connectivity index (χ1) is 8.99. The fraction of sp³-hybridized carbons (Fsp3) is 0.429. The Hall–Kier alpha value is -2.04. The number of carboxylic acid groups (broad SMARTS) is 1. The molecule has 0 bridgehead atoms. The maximum atomic E-state index is 10.5. The van der Waals surface area contributed by atoms with E-state index in [2.05, 4.69) is 26.7 Å². The minimum Gasteiger partial charge on any atom is -0.516 e. The van der Waals surface area contributed by atoms with E-state index in [0.29, 0.717) is 6.61 Å². The molecule has 0 aromatic heterocycles. The second-order valence-electron chi connectivity index (χ2n) is 3.16. The number of aliphatic hydroxyl groups is 1. The average molecular weight is 272 g/mol. The molecule has 0 radical (unpaired) electrons. The summed E-state index contributed by atoms with van der Waals surface area (Å²) in [7, 11) is 0. The summed E-state index contributed by atoms with van der Waals surface area (Å²) >= 11 is 0. The number of aliphatic hydroxyl groups excluding tert-OH is 1. The Labute approximate surface area is 114 Å². The van der Waals surface area contributed by atoms with Crippen LogP contribution in [0.1, 0.15) is 32.6 Å². The molecule has 0 spiro atoms. The van der Waals surface area contributed by atoms with Crippen molar-refractivity contribution >= 4 is 11.9 Å². The van der Waals surface area contributed by atoms with E-state index in [9.17, 15) is 9.59 Å². The van der Waals surface area contributed by atoms with Crippen LogP contribution in [0.5, 0.6) is 0 Å². The number of carbonyl (C=O) groups is 2. The van der Waals surface area contributed by atoms with Gasteiger partial charge in [0.1, 0.15) is 0 Å². The molecular formula is C14H24O5. The van der Waals surface area contributed by atoms with E-state index < -0.39 is 5.97 Å². The third-order valence-corrected chi connectivity index (χ3v) is 1.58. The van der Waals surface area contributed by atoms with E-state index in [1.807, 2.05) is 0 Å². The topological polar surface area (TPSA) is 83.8 Å². The molecule has 0 atom stereocenters. The van der Waals surface area contributed by atoms with Gasteiger partial charge in [0.05, 0.1) is 12.9 Å². The highest BCUT2D eigenvalue weighted by Gasteiger charge is 1.93. The van der Waals surface area contributed by atoms with E-state index in [-0.39, 0.29) is 5.97 Å². The van der Waals surface area contributed by atoms with E-state index in [1.165, 1.54) is 18.9 Å². The molecule has 0 aliphatic rings. The zero-order valence-electron chi connectivity index (χ0n) is 11.5. The van der Waals surface area contributed by atoms with Gasteiger partial charge >= 0.3 is 11.9 Å². The molecule has 0 rings (SSSR count). The summed E-state index contributed by atoms with van der Waals surface area (Å²) in [6, 6.07) is 0. The summed E-state index contributed by atoms with van der Waals surface area (Å²) in [5, 5.41) is 14.9. The van der Waals surface area contributed by atoms with Crippen molar-refractivity contribution in [3.8, 4) is 0 Å². The van der Waals surface area contributed by atoms with Crippen LogP contribution in [0.15, 0.2) is 38.2 Å². The minimum absolute atomic E-state index is 0.318. The van der Waals surface area contributed by atoms with Gasteiger partial charge in [-0.05, 0) is 6.42 Å². The molecule has 0 saturated heterocycles.